The number of rotatable bonds is 6. The molecule has 0 saturated carbocycles. The number of carboxylic acid groups (broad SMARTS) is 1. The first-order valence-electron chi connectivity index (χ1n) is 6.35. The van der Waals surface area contributed by atoms with Crippen LogP contribution in [-0.2, 0) is 22.5 Å². The third-order valence-electron chi connectivity index (χ3n) is 3.26. The van der Waals surface area contributed by atoms with Gasteiger partial charge in [-0.25, -0.2) is 4.79 Å². The molecule has 1 aliphatic heterocycles. The van der Waals surface area contributed by atoms with Crippen molar-refractivity contribution in [1.82, 2.24) is 5.32 Å². The quantitative estimate of drug-likeness (QED) is 0.829. The van der Waals surface area contributed by atoms with E-state index in [1.807, 2.05) is 0 Å². The molecule has 2 atom stereocenters. The zero-order valence-corrected chi connectivity index (χ0v) is 11.3. The standard InChI is InChI=1S/C13H19NO3S/c1-2-9-5-6-18-12(9)8-14-7-10-3-4-11(17-10)13(15)16/h5-6,10-11,14H,2-4,7-8H2,1H3,(H,15,16). The van der Waals surface area contributed by atoms with Crippen LogP contribution in [0.25, 0.3) is 0 Å². The molecule has 1 saturated heterocycles. The highest BCUT2D eigenvalue weighted by atomic mass is 32.1. The SMILES string of the molecule is CCc1ccsc1CNCC1CCC(C(=O)O)O1. The summed E-state index contributed by atoms with van der Waals surface area (Å²) in [6, 6.07) is 2.16. The number of thiophene rings is 1. The van der Waals surface area contributed by atoms with Crippen LogP contribution in [0.3, 0.4) is 0 Å². The lowest BCUT2D eigenvalue weighted by atomic mass is 10.2. The van der Waals surface area contributed by atoms with E-state index in [9.17, 15) is 4.79 Å². The highest BCUT2D eigenvalue weighted by molar-refractivity contribution is 7.10. The summed E-state index contributed by atoms with van der Waals surface area (Å²) in [5.74, 6) is -0.843. The molecule has 2 rings (SSSR count). The summed E-state index contributed by atoms with van der Waals surface area (Å²) < 4.78 is 5.44. The van der Waals surface area contributed by atoms with E-state index in [4.69, 9.17) is 9.84 Å². The zero-order valence-electron chi connectivity index (χ0n) is 10.5. The van der Waals surface area contributed by atoms with Crippen LogP contribution in [0.15, 0.2) is 11.4 Å². The Balaban J connectivity index is 1.72. The lowest BCUT2D eigenvalue weighted by Crippen LogP contribution is -2.28. The smallest absolute Gasteiger partial charge is 0.332 e. The summed E-state index contributed by atoms with van der Waals surface area (Å²) in [6.07, 6.45) is 1.94. The largest absolute Gasteiger partial charge is 0.479 e. The number of carbonyl (C=O) groups is 1. The second-order valence-corrected chi connectivity index (χ2v) is 5.52. The van der Waals surface area contributed by atoms with Crippen LogP contribution < -0.4 is 5.32 Å². The Morgan fingerprint density at radius 3 is 3.11 bits per heavy atom. The number of ether oxygens (including phenoxy) is 1. The molecule has 2 heterocycles. The molecule has 100 valence electrons. The molecule has 18 heavy (non-hydrogen) atoms. The van der Waals surface area contributed by atoms with Crippen molar-refractivity contribution >= 4 is 17.3 Å². The zero-order chi connectivity index (χ0) is 13.0. The number of nitrogens with one attached hydrogen (secondary N) is 1. The Morgan fingerprint density at radius 1 is 1.61 bits per heavy atom. The van der Waals surface area contributed by atoms with Crippen molar-refractivity contribution < 1.29 is 14.6 Å². The Kier molecular flexibility index (Phi) is 4.74. The first kappa shape index (κ1) is 13.5. The molecular weight excluding hydrogens is 250 g/mol. The predicted molar refractivity (Wildman–Crippen MR) is 70.9 cm³/mol. The van der Waals surface area contributed by atoms with E-state index >= 15 is 0 Å². The van der Waals surface area contributed by atoms with Gasteiger partial charge in [-0.2, -0.15) is 0 Å². The first-order chi connectivity index (χ1) is 8.70. The highest BCUT2D eigenvalue weighted by Crippen LogP contribution is 2.20. The highest BCUT2D eigenvalue weighted by Gasteiger charge is 2.29. The summed E-state index contributed by atoms with van der Waals surface area (Å²) in [5.41, 5.74) is 1.39. The summed E-state index contributed by atoms with van der Waals surface area (Å²) in [6.45, 7) is 3.73. The van der Waals surface area contributed by atoms with Gasteiger partial charge < -0.3 is 15.2 Å². The van der Waals surface area contributed by atoms with Crippen molar-refractivity contribution in [3.05, 3.63) is 21.9 Å². The van der Waals surface area contributed by atoms with E-state index in [1.54, 1.807) is 11.3 Å². The number of aliphatic carboxylic acids is 1. The van der Waals surface area contributed by atoms with Crippen molar-refractivity contribution in [2.75, 3.05) is 6.54 Å². The summed E-state index contributed by atoms with van der Waals surface area (Å²) in [7, 11) is 0. The molecule has 0 aromatic carbocycles. The maximum atomic E-state index is 10.7. The van der Waals surface area contributed by atoms with Crippen molar-refractivity contribution in [2.24, 2.45) is 0 Å². The van der Waals surface area contributed by atoms with Crippen molar-refractivity contribution in [3.8, 4) is 0 Å². The average Bonchev–Trinajstić information content (AvgIpc) is 2.97. The molecule has 2 unspecified atom stereocenters. The van der Waals surface area contributed by atoms with Crippen molar-refractivity contribution in [1.29, 1.82) is 0 Å². The van der Waals surface area contributed by atoms with E-state index < -0.39 is 12.1 Å². The number of hydrogen-bond donors (Lipinski definition) is 2. The van der Waals surface area contributed by atoms with Crippen molar-refractivity contribution in [3.63, 3.8) is 0 Å². The summed E-state index contributed by atoms with van der Waals surface area (Å²) in [4.78, 5) is 12.1. The van der Waals surface area contributed by atoms with Crippen LogP contribution in [0.4, 0.5) is 0 Å². The van der Waals surface area contributed by atoms with Crippen LogP contribution in [-0.4, -0.2) is 29.8 Å². The van der Waals surface area contributed by atoms with Gasteiger partial charge in [0, 0.05) is 18.0 Å². The van der Waals surface area contributed by atoms with Crippen LogP contribution in [0, 0.1) is 0 Å². The van der Waals surface area contributed by atoms with Gasteiger partial charge in [0.15, 0.2) is 6.10 Å². The van der Waals surface area contributed by atoms with Crippen LogP contribution in [0.2, 0.25) is 0 Å². The third kappa shape index (κ3) is 3.31. The lowest BCUT2D eigenvalue weighted by molar-refractivity contribution is -0.149. The normalized spacial score (nSPS) is 23.4. The fraction of sp³-hybridized carbons (Fsp3) is 0.615. The average molecular weight is 269 g/mol. The molecule has 1 aromatic rings. The minimum absolute atomic E-state index is 0.0381. The molecule has 2 N–H and O–H groups in total. The minimum atomic E-state index is -0.843. The molecule has 1 fully saturated rings. The number of carboxylic acids is 1. The maximum Gasteiger partial charge on any atom is 0.332 e. The van der Waals surface area contributed by atoms with Gasteiger partial charge in [0.2, 0.25) is 0 Å². The monoisotopic (exact) mass is 269 g/mol. The van der Waals surface area contributed by atoms with Crippen LogP contribution >= 0.6 is 11.3 Å². The molecule has 0 radical (unpaired) electrons. The van der Waals surface area contributed by atoms with E-state index in [1.165, 1.54) is 10.4 Å². The second kappa shape index (κ2) is 6.31. The molecule has 0 aliphatic carbocycles. The minimum Gasteiger partial charge on any atom is -0.479 e. The number of hydrogen-bond acceptors (Lipinski definition) is 4. The van der Waals surface area contributed by atoms with Gasteiger partial charge in [-0.1, -0.05) is 6.92 Å². The predicted octanol–water partition coefficient (Wildman–Crippen LogP) is 2.03. The number of aryl methyl sites for hydroxylation is 1. The molecular formula is C13H19NO3S. The molecule has 1 aromatic heterocycles. The van der Waals surface area contributed by atoms with E-state index in [2.05, 4.69) is 23.7 Å². The van der Waals surface area contributed by atoms with E-state index in [-0.39, 0.29) is 6.10 Å². The molecule has 1 aliphatic rings. The Hall–Kier alpha value is -0.910. The topological polar surface area (TPSA) is 58.6 Å². The van der Waals surface area contributed by atoms with E-state index in [0.29, 0.717) is 6.42 Å². The molecule has 0 spiro atoms. The third-order valence-corrected chi connectivity index (χ3v) is 4.22. The van der Waals surface area contributed by atoms with Gasteiger partial charge in [-0.15, -0.1) is 11.3 Å². The van der Waals surface area contributed by atoms with Crippen molar-refractivity contribution in [2.45, 2.75) is 44.9 Å². The first-order valence-corrected chi connectivity index (χ1v) is 7.23. The Labute approximate surface area is 111 Å². The molecule has 0 bridgehead atoms. The van der Waals surface area contributed by atoms with Gasteiger partial charge in [-0.3, -0.25) is 0 Å². The second-order valence-electron chi connectivity index (χ2n) is 4.52. The van der Waals surface area contributed by atoms with Gasteiger partial charge in [0.05, 0.1) is 6.10 Å². The molecule has 4 nitrogen and oxygen atoms in total. The van der Waals surface area contributed by atoms with Gasteiger partial charge in [-0.05, 0) is 36.3 Å². The molecule has 0 amide bonds. The van der Waals surface area contributed by atoms with Gasteiger partial charge >= 0.3 is 5.97 Å². The summed E-state index contributed by atoms with van der Waals surface area (Å²) >= 11 is 1.76. The maximum absolute atomic E-state index is 10.7. The fourth-order valence-corrected chi connectivity index (χ4v) is 3.17. The summed E-state index contributed by atoms with van der Waals surface area (Å²) in [5, 5.41) is 14.3. The van der Waals surface area contributed by atoms with E-state index in [0.717, 1.165) is 25.9 Å². The van der Waals surface area contributed by atoms with Gasteiger partial charge in [0.25, 0.3) is 0 Å². The molecule has 5 heteroatoms. The van der Waals surface area contributed by atoms with Crippen LogP contribution in [0.1, 0.15) is 30.2 Å². The Bertz CT molecular complexity index is 405. The van der Waals surface area contributed by atoms with Gasteiger partial charge in [0.1, 0.15) is 0 Å². The Morgan fingerprint density at radius 2 is 2.44 bits per heavy atom. The van der Waals surface area contributed by atoms with Crippen LogP contribution in [0.5, 0.6) is 0 Å². The lowest BCUT2D eigenvalue weighted by Gasteiger charge is -2.12. The fourth-order valence-electron chi connectivity index (χ4n) is 2.22.